The second-order valence-electron chi connectivity index (χ2n) is 9.10. The van der Waals surface area contributed by atoms with Crippen molar-refractivity contribution in [1.29, 1.82) is 0 Å². The van der Waals surface area contributed by atoms with E-state index in [0.29, 0.717) is 5.92 Å². The van der Waals surface area contributed by atoms with Crippen molar-refractivity contribution in [3.05, 3.63) is 65.2 Å². The fraction of sp³-hybridized carbons (Fsp3) is 0.385. The third kappa shape index (κ3) is 4.75. The minimum absolute atomic E-state index is 0.159. The molecule has 2 aromatic rings. The number of amides is 3. The van der Waals surface area contributed by atoms with Gasteiger partial charge in [-0.3, -0.25) is 4.79 Å². The molecule has 8 heteroatoms. The van der Waals surface area contributed by atoms with Gasteiger partial charge in [0.15, 0.2) is 0 Å². The molecule has 4 rings (SSSR count). The number of fused-ring (bicyclic) bond motifs is 1. The summed E-state index contributed by atoms with van der Waals surface area (Å²) in [5, 5.41) is 12.3. The Balaban J connectivity index is 1.49. The predicted molar refractivity (Wildman–Crippen MR) is 124 cm³/mol. The van der Waals surface area contributed by atoms with Crippen LogP contribution in [0.5, 0.6) is 0 Å². The van der Waals surface area contributed by atoms with Crippen molar-refractivity contribution in [2.24, 2.45) is 5.92 Å². The Hall–Kier alpha value is -3.44. The van der Waals surface area contributed by atoms with E-state index < -0.39 is 17.7 Å². The smallest absolute Gasteiger partial charge is 0.322 e. The van der Waals surface area contributed by atoms with Gasteiger partial charge in [-0.25, -0.2) is 13.6 Å². The van der Waals surface area contributed by atoms with E-state index in [0.717, 1.165) is 35.7 Å². The lowest BCUT2D eigenvalue weighted by Crippen LogP contribution is -2.73. The molecule has 3 atom stereocenters. The van der Waals surface area contributed by atoms with Crippen LogP contribution in [-0.2, 0) is 4.79 Å². The zero-order valence-electron chi connectivity index (χ0n) is 19.1. The van der Waals surface area contributed by atoms with Gasteiger partial charge in [-0.05, 0) is 35.7 Å². The maximum absolute atomic E-state index is 13.9. The van der Waals surface area contributed by atoms with Crippen LogP contribution < -0.4 is 5.32 Å². The van der Waals surface area contributed by atoms with Crippen LogP contribution in [0.25, 0.3) is 0 Å². The van der Waals surface area contributed by atoms with E-state index in [2.05, 4.69) is 31.0 Å². The zero-order valence-corrected chi connectivity index (χ0v) is 19.1. The van der Waals surface area contributed by atoms with Crippen molar-refractivity contribution in [3.8, 4) is 11.8 Å². The van der Waals surface area contributed by atoms with E-state index in [-0.39, 0.29) is 49.3 Å². The molecule has 2 saturated heterocycles. The standard InChI is InChI=1S/C26H27F2N3O3/c1-16(2)4-3-5-17-6-8-18(9-7-17)25-22-13-30(14-24(33)31(22)23(25)15-32)26(34)29-21-12-19(27)10-11-20(21)28/h6-12,16,22-23,25,32H,4,13-15H2,1-2H3,(H,29,34)/t22-,23+,25+/m0/s1. The summed E-state index contributed by atoms with van der Waals surface area (Å²) < 4.78 is 27.4. The van der Waals surface area contributed by atoms with Crippen molar-refractivity contribution in [1.82, 2.24) is 9.80 Å². The number of nitrogens with one attached hydrogen (secondary N) is 1. The molecule has 0 saturated carbocycles. The molecular weight excluding hydrogens is 440 g/mol. The second-order valence-corrected chi connectivity index (χ2v) is 9.10. The first-order valence-electron chi connectivity index (χ1n) is 11.3. The average molecular weight is 468 g/mol. The summed E-state index contributed by atoms with van der Waals surface area (Å²) >= 11 is 0. The highest BCUT2D eigenvalue weighted by Crippen LogP contribution is 2.43. The molecule has 2 aliphatic rings. The number of carbonyl (C=O) groups excluding carboxylic acids is 2. The van der Waals surface area contributed by atoms with Crippen molar-refractivity contribution in [3.63, 3.8) is 0 Å². The Morgan fingerprint density at radius 2 is 1.94 bits per heavy atom. The summed E-state index contributed by atoms with van der Waals surface area (Å²) in [6.45, 7) is 4.04. The molecule has 3 amide bonds. The first kappa shape index (κ1) is 23.7. The number of hydrogen-bond acceptors (Lipinski definition) is 3. The molecule has 0 unspecified atom stereocenters. The van der Waals surface area contributed by atoms with Gasteiger partial charge in [-0.15, -0.1) is 0 Å². The first-order valence-corrected chi connectivity index (χ1v) is 11.3. The quantitative estimate of drug-likeness (QED) is 0.676. The molecule has 2 N–H and O–H groups in total. The molecular formula is C26H27F2N3O3. The van der Waals surface area contributed by atoms with Crippen molar-refractivity contribution >= 4 is 17.6 Å². The number of piperazine rings is 1. The van der Waals surface area contributed by atoms with Crippen LogP contribution in [0.4, 0.5) is 19.3 Å². The second kappa shape index (κ2) is 9.82. The third-order valence-electron chi connectivity index (χ3n) is 6.25. The number of carbonyl (C=O) groups is 2. The number of halogens is 2. The molecule has 178 valence electrons. The third-order valence-corrected chi connectivity index (χ3v) is 6.25. The van der Waals surface area contributed by atoms with Crippen LogP contribution in [0.15, 0.2) is 42.5 Å². The average Bonchev–Trinajstić information content (AvgIpc) is 2.78. The largest absolute Gasteiger partial charge is 0.394 e. The number of urea groups is 1. The molecule has 2 heterocycles. The van der Waals surface area contributed by atoms with Gasteiger partial charge in [0.05, 0.1) is 24.4 Å². The van der Waals surface area contributed by atoms with Gasteiger partial charge < -0.3 is 20.2 Å². The minimum Gasteiger partial charge on any atom is -0.394 e. The molecule has 0 aromatic heterocycles. The predicted octanol–water partition coefficient (Wildman–Crippen LogP) is 3.57. The highest BCUT2D eigenvalue weighted by atomic mass is 19.1. The number of aliphatic hydroxyl groups is 1. The number of nitrogens with zero attached hydrogens (tertiary/aromatic N) is 2. The highest BCUT2D eigenvalue weighted by molar-refractivity contribution is 5.94. The number of rotatable bonds is 4. The molecule has 2 aromatic carbocycles. The Bertz CT molecular complexity index is 1140. The van der Waals surface area contributed by atoms with Crippen LogP contribution in [0.2, 0.25) is 0 Å². The minimum atomic E-state index is -0.766. The number of anilines is 1. The van der Waals surface area contributed by atoms with Gasteiger partial charge in [0.25, 0.3) is 0 Å². The fourth-order valence-corrected chi connectivity index (χ4v) is 4.59. The molecule has 0 radical (unpaired) electrons. The first-order chi connectivity index (χ1) is 16.3. The van der Waals surface area contributed by atoms with Gasteiger partial charge in [0, 0.05) is 30.5 Å². The van der Waals surface area contributed by atoms with Crippen LogP contribution in [-0.4, -0.2) is 58.6 Å². The maximum atomic E-state index is 13.9. The monoisotopic (exact) mass is 467 g/mol. The van der Waals surface area contributed by atoms with Crippen molar-refractivity contribution in [2.75, 3.05) is 25.0 Å². The lowest BCUT2D eigenvalue weighted by Gasteiger charge is -2.58. The normalized spacial score (nSPS) is 21.5. The summed E-state index contributed by atoms with van der Waals surface area (Å²) in [5.41, 5.74) is 1.55. The summed E-state index contributed by atoms with van der Waals surface area (Å²) in [6.07, 6.45) is 0.813. The lowest BCUT2D eigenvalue weighted by atomic mass is 9.73. The van der Waals surface area contributed by atoms with Crippen LogP contribution in [0.3, 0.4) is 0 Å². The van der Waals surface area contributed by atoms with Crippen LogP contribution in [0.1, 0.15) is 37.3 Å². The number of aliphatic hydroxyl groups excluding tert-OH is 1. The highest BCUT2D eigenvalue weighted by Gasteiger charge is 2.54. The van der Waals surface area contributed by atoms with Crippen LogP contribution >= 0.6 is 0 Å². The summed E-state index contributed by atoms with van der Waals surface area (Å²) in [5.74, 6) is 4.89. The Labute approximate surface area is 197 Å². The topological polar surface area (TPSA) is 72.9 Å². The summed E-state index contributed by atoms with van der Waals surface area (Å²) in [6, 6.07) is 9.13. The van der Waals surface area contributed by atoms with E-state index in [9.17, 15) is 23.5 Å². The molecule has 0 spiro atoms. The number of hydrogen-bond donors (Lipinski definition) is 2. The van der Waals surface area contributed by atoms with Gasteiger partial charge >= 0.3 is 6.03 Å². The maximum Gasteiger partial charge on any atom is 0.322 e. The molecule has 0 bridgehead atoms. The van der Waals surface area contributed by atoms with Gasteiger partial charge in [0.1, 0.15) is 18.2 Å². The molecule has 0 aliphatic carbocycles. The molecule has 2 fully saturated rings. The Morgan fingerprint density at radius 1 is 1.21 bits per heavy atom. The molecule has 6 nitrogen and oxygen atoms in total. The zero-order chi connectivity index (χ0) is 24.4. The van der Waals surface area contributed by atoms with E-state index in [1.807, 2.05) is 24.3 Å². The van der Waals surface area contributed by atoms with Crippen LogP contribution in [0, 0.1) is 29.4 Å². The summed E-state index contributed by atoms with van der Waals surface area (Å²) in [4.78, 5) is 28.4. The lowest BCUT2D eigenvalue weighted by molar-refractivity contribution is -0.159. The number of benzene rings is 2. The van der Waals surface area contributed by atoms with Gasteiger partial charge in [0.2, 0.25) is 5.91 Å². The van der Waals surface area contributed by atoms with E-state index >= 15 is 0 Å². The van der Waals surface area contributed by atoms with E-state index in [4.69, 9.17) is 0 Å². The molecule has 2 aliphatic heterocycles. The SMILES string of the molecule is CC(C)CC#Cc1ccc([C@H]2[C@@H](CO)N3C(=O)CN(C(=O)Nc4cc(F)ccc4F)C[C@@H]23)cc1. The van der Waals surface area contributed by atoms with Crippen molar-refractivity contribution < 1.29 is 23.5 Å². The molecule has 34 heavy (non-hydrogen) atoms. The van der Waals surface area contributed by atoms with Gasteiger partial charge in [-0.2, -0.15) is 0 Å². The Kier molecular flexibility index (Phi) is 6.85. The van der Waals surface area contributed by atoms with E-state index in [1.165, 1.54) is 4.90 Å². The Morgan fingerprint density at radius 3 is 2.62 bits per heavy atom. The van der Waals surface area contributed by atoms with E-state index in [1.54, 1.807) is 4.90 Å². The van der Waals surface area contributed by atoms with Crippen molar-refractivity contribution in [2.45, 2.75) is 38.3 Å². The van der Waals surface area contributed by atoms with Gasteiger partial charge in [-0.1, -0.05) is 37.8 Å². The summed E-state index contributed by atoms with van der Waals surface area (Å²) in [7, 11) is 0. The fourth-order valence-electron chi connectivity index (χ4n) is 4.59.